The predicted octanol–water partition coefficient (Wildman–Crippen LogP) is 2.24. The minimum Gasteiger partial charge on any atom is -0.478 e. The summed E-state index contributed by atoms with van der Waals surface area (Å²) in [5.41, 5.74) is 1.32. The molecule has 1 atom stereocenters. The summed E-state index contributed by atoms with van der Waals surface area (Å²) in [6.07, 6.45) is 1.94. The van der Waals surface area contributed by atoms with Crippen molar-refractivity contribution >= 4 is 17.7 Å². The molecule has 0 bridgehead atoms. The van der Waals surface area contributed by atoms with Gasteiger partial charge in [0.05, 0.1) is 5.56 Å². The Labute approximate surface area is 123 Å². The van der Waals surface area contributed by atoms with E-state index in [-0.39, 0.29) is 11.6 Å². The monoisotopic (exact) mass is 292 g/mol. The third kappa shape index (κ3) is 4.46. The molecule has 2 rings (SSSR count). The lowest BCUT2D eigenvalue weighted by atomic mass is 10.1. The summed E-state index contributed by atoms with van der Waals surface area (Å²) in [6.45, 7) is 3.87. The van der Waals surface area contributed by atoms with Crippen LogP contribution in [0.25, 0.3) is 0 Å². The zero-order valence-electron chi connectivity index (χ0n) is 12.0. The first-order chi connectivity index (χ1) is 10.1. The number of aryl methyl sites for hydroxylation is 1. The van der Waals surface area contributed by atoms with Crippen molar-refractivity contribution in [2.24, 2.45) is 5.92 Å². The van der Waals surface area contributed by atoms with Crippen LogP contribution in [0, 0.1) is 12.8 Å². The highest BCUT2D eigenvalue weighted by Crippen LogP contribution is 2.16. The number of benzene rings is 1. The van der Waals surface area contributed by atoms with Crippen LogP contribution in [0.1, 0.15) is 28.8 Å². The van der Waals surface area contributed by atoms with Crippen molar-refractivity contribution in [3.8, 4) is 0 Å². The predicted molar refractivity (Wildman–Crippen MR) is 78.7 cm³/mol. The molecule has 0 aromatic heterocycles. The van der Waals surface area contributed by atoms with Gasteiger partial charge in [-0.3, -0.25) is 0 Å². The van der Waals surface area contributed by atoms with Gasteiger partial charge in [-0.15, -0.1) is 0 Å². The summed E-state index contributed by atoms with van der Waals surface area (Å²) in [6, 6.07) is 4.50. The molecule has 0 radical (unpaired) electrons. The maximum absolute atomic E-state index is 11.8. The van der Waals surface area contributed by atoms with Crippen LogP contribution in [0.4, 0.5) is 10.5 Å². The zero-order valence-corrected chi connectivity index (χ0v) is 12.0. The third-order valence-corrected chi connectivity index (χ3v) is 3.59. The summed E-state index contributed by atoms with van der Waals surface area (Å²) in [5, 5.41) is 14.5. The number of carbonyl (C=O) groups is 2. The molecule has 1 aliphatic rings. The van der Waals surface area contributed by atoms with Gasteiger partial charge in [0, 0.05) is 25.4 Å². The van der Waals surface area contributed by atoms with Crippen molar-refractivity contribution in [1.29, 1.82) is 0 Å². The molecule has 0 saturated carbocycles. The molecule has 1 aliphatic heterocycles. The first-order valence-electron chi connectivity index (χ1n) is 7.03. The third-order valence-electron chi connectivity index (χ3n) is 3.59. The van der Waals surface area contributed by atoms with Gasteiger partial charge in [0.25, 0.3) is 0 Å². The molecule has 1 saturated heterocycles. The van der Waals surface area contributed by atoms with Crippen molar-refractivity contribution in [3.63, 3.8) is 0 Å². The maximum atomic E-state index is 11.8. The van der Waals surface area contributed by atoms with Crippen LogP contribution in [0.3, 0.4) is 0 Å². The van der Waals surface area contributed by atoms with Crippen LogP contribution in [0.5, 0.6) is 0 Å². The minimum absolute atomic E-state index is 0.191. The van der Waals surface area contributed by atoms with E-state index in [0.717, 1.165) is 26.1 Å². The number of hydrogen-bond donors (Lipinski definition) is 3. The molecular formula is C15H20N2O4. The van der Waals surface area contributed by atoms with Gasteiger partial charge in [-0.25, -0.2) is 9.59 Å². The van der Waals surface area contributed by atoms with E-state index in [0.29, 0.717) is 23.7 Å². The molecular weight excluding hydrogens is 272 g/mol. The lowest BCUT2D eigenvalue weighted by Crippen LogP contribution is -2.30. The minimum atomic E-state index is -1.00. The fourth-order valence-electron chi connectivity index (χ4n) is 2.31. The van der Waals surface area contributed by atoms with Gasteiger partial charge in [-0.2, -0.15) is 0 Å². The van der Waals surface area contributed by atoms with Crippen LogP contribution < -0.4 is 10.6 Å². The van der Waals surface area contributed by atoms with E-state index in [1.807, 2.05) is 0 Å². The summed E-state index contributed by atoms with van der Waals surface area (Å²) < 4.78 is 5.27. The molecule has 6 nitrogen and oxygen atoms in total. The topological polar surface area (TPSA) is 87.7 Å². The molecule has 1 fully saturated rings. The van der Waals surface area contributed by atoms with Gasteiger partial charge in [0.15, 0.2) is 0 Å². The quantitative estimate of drug-likeness (QED) is 0.776. The largest absolute Gasteiger partial charge is 0.478 e. The van der Waals surface area contributed by atoms with Crippen LogP contribution in [0.15, 0.2) is 18.2 Å². The summed E-state index contributed by atoms with van der Waals surface area (Å²) in [7, 11) is 0. The highest BCUT2D eigenvalue weighted by Gasteiger charge is 2.15. The average Bonchev–Trinajstić information content (AvgIpc) is 2.94. The van der Waals surface area contributed by atoms with E-state index < -0.39 is 5.97 Å². The van der Waals surface area contributed by atoms with Crippen molar-refractivity contribution in [2.45, 2.75) is 19.8 Å². The molecule has 0 aliphatic carbocycles. The molecule has 2 amide bonds. The Kier molecular flexibility index (Phi) is 5.16. The number of urea groups is 1. The van der Waals surface area contributed by atoms with Gasteiger partial charge in [0.1, 0.15) is 0 Å². The standard InChI is InChI=1S/C15H20N2O4/c1-10-2-3-12(8-13(10)14(18)19)17-15(20)16-6-4-11-5-7-21-9-11/h2-3,8,11H,4-7,9H2,1H3,(H,18,19)(H2,16,17,20). The lowest BCUT2D eigenvalue weighted by Gasteiger charge is -2.11. The molecule has 0 spiro atoms. The number of anilines is 1. The molecule has 21 heavy (non-hydrogen) atoms. The molecule has 1 heterocycles. The smallest absolute Gasteiger partial charge is 0.336 e. The summed E-state index contributed by atoms with van der Waals surface area (Å²) in [4.78, 5) is 22.8. The van der Waals surface area contributed by atoms with Gasteiger partial charge in [-0.05, 0) is 43.4 Å². The fourth-order valence-corrected chi connectivity index (χ4v) is 2.31. The second-order valence-electron chi connectivity index (χ2n) is 5.23. The number of amides is 2. The molecule has 3 N–H and O–H groups in total. The Balaban J connectivity index is 1.81. The molecule has 1 unspecified atom stereocenters. The van der Waals surface area contributed by atoms with Crippen LogP contribution in [0.2, 0.25) is 0 Å². The molecule has 1 aromatic carbocycles. The second-order valence-corrected chi connectivity index (χ2v) is 5.23. The fraction of sp³-hybridized carbons (Fsp3) is 0.467. The van der Waals surface area contributed by atoms with Crippen LogP contribution >= 0.6 is 0 Å². The Morgan fingerprint density at radius 1 is 1.43 bits per heavy atom. The Hall–Kier alpha value is -2.08. The van der Waals surface area contributed by atoms with E-state index in [1.54, 1.807) is 19.1 Å². The Morgan fingerprint density at radius 3 is 2.90 bits per heavy atom. The van der Waals surface area contributed by atoms with E-state index >= 15 is 0 Å². The average molecular weight is 292 g/mol. The summed E-state index contributed by atoms with van der Waals surface area (Å²) >= 11 is 0. The second kappa shape index (κ2) is 7.08. The molecule has 1 aromatic rings. The number of carboxylic acid groups (broad SMARTS) is 1. The Morgan fingerprint density at radius 2 is 2.24 bits per heavy atom. The van der Waals surface area contributed by atoms with Crippen molar-refractivity contribution in [1.82, 2.24) is 5.32 Å². The van der Waals surface area contributed by atoms with Gasteiger partial charge >= 0.3 is 12.0 Å². The van der Waals surface area contributed by atoms with E-state index in [4.69, 9.17) is 9.84 Å². The van der Waals surface area contributed by atoms with Crippen LogP contribution in [-0.2, 0) is 4.74 Å². The van der Waals surface area contributed by atoms with E-state index in [2.05, 4.69) is 10.6 Å². The van der Waals surface area contributed by atoms with E-state index in [1.165, 1.54) is 6.07 Å². The highest BCUT2D eigenvalue weighted by molar-refractivity contribution is 5.94. The van der Waals surface area contributed by atoms with Gasteiger partial charge < -0.3 is 20.5 Å². The number of aromatic carboxylic acids is 1. The number of carboxylic acids is 1. The van der Waals surface area contributed by atoms with Crippen molar-refractivity contribution < 1.29 is 19.4 Å². The first kappa shape index (κ1) is 15.3. The number of nitrogens with one attached hydrogen (secondary N) is 2. The number of rotatable bonds is 5. The number of ether oxygens (including phenoxy) is 1. The van der Waals surface area contributed by atoms with Crippen molar-refractivity contribution in [2.75, 3.05) is 25.1 Å². The number of hydrogen-bond acceptors (Lipinski definition) is 3. The zero-order chi connectivity index (χ0) is 15.2. The summed E-state index contributed by atoms with van der Waals surface area (Å²) in [5.74, 6) is -0.485. The van der Waals surface area contributed by atoms with Gasteiger partial charge in [-0.1, -0.05) is 6.07 Å². The normalized spacial score (nSPS) is 17.5. The first-order valence-corrected chi connectivity index (χ1v) is 7.03. The van der Waals surface area contributed by atoms with E-state index in [9.17, 15) is 9.59 Å². The van der Waals surface area contributed by atoms with Crippen LogP contribution in [-0.4, -0.2) is 36.9 Å². The molecule has 6 heteroatoms. The number of carbonyl (C=O) groups excluding carboxylic acids is 1. The van der Waals surface area contributed by atoms with Gasteiger partial charge in [0.2, 0.25) is 0 Å². The Bertz CT molecular complexity index is 524. The van der Waals surface area contributed by atoms with Crippen molar-refractivity contribution in [3.05, 3.63) is 29.3 Å². The lowest BCUT2D eigenvalue weighted by molar-refractivity contribution is 0.0696. The maximum Gasteiger partial charge on any atom is 0.336 e. The molecule has 114 valence electrons. The highest BCUT2D eigenvalue weighted by atomic mass is 16.5. The SMILES string of the molecule is Cc1ccc(NC(=O)NCCC2CCOC2)cc1C(=O)O.